The van der Waals surface area contributed by atoms with Gasteiger partial charge >= 0.3 is 0 Å². The molecule has 0 aliphatic carbocycles. The van der Waals surface area contributed by atoms with E-state index in [1.165, 1.54) is 0 Å². The van der Waals surface area contributed by atoms with E-state index >= 15 is 0 Å². The van der Waals surface area contributed by atoms with Crippen LogP contribution in [-0.4, -0.2) is 22.3 Å². The monoisotopic (exact) mass is 354 g/mol. The van der Waals surface area contributed by atoms with E-state index in [2.05, 4.69) is 20.5 Å². The van der Waals surface area contributed by atoms with Gasteiger partial charge in [0.25, 0.3) is 0 Å². The molecule has 0 aliphatic rings. The summed E-state index contributed by atoms with van der Waals surface area (Å²) in [4.78, 5) is 2.91. The van der Waals surface area contributed by atoms with Gasteiger partial charge in [-0.1, -0.05) is 30.3 Å². The average Bonchev–Trinajstić information content (AvgIpc) is 2.95. The lowest BCUT2D eigenvalue weighted by Crippen LogP contribution is -2.18. The molecule has 2 aromatic carbocycles. The normalized spacial score (nSPS) is 11.1. The molecule has 0 saturated carbocycles. The largest absolute Gasteiger partial charge is 0.497 e. The number of thiocarbonyl (C=S) groups is 1. The first-order chi connectivity index (χ1) is 12.1. The first-order valence-corrected chi connectivity index (χ1v) is 8.12. The number of aromatic hydroxyl groups is 1. The zero-order valence-corrected chi connectivity index (χ0v) is 14.7. The Bertz CT molecular complexity index is 932. The number of ether oxygens (including phenoxy) is 1. The molecule has 7 heteroatoms. The van der Waals surface area contributed by atoms with Gasteiger partial charge < -0.3 is 20.1 Å². The van der Waals surface area contributed by atoms with E-state index in [-0.39, 0.29) is 11.0 Å². The van der Waals surface area contributed by atoms with Crippen molar-refractivity contribution in [1.29, 1.82) is 0 Å². The molecule has 0 spiro atoms. The highest BCUT2D eigenvalue weighted by Crippen LogP contribution is 2.36. The number of rotatable bonds is 4. The molecular formula is C18H18N4O2S. The van der Waals surface area contributed by atoms with Crippen LogP contribution >= 0.6 is 12.2 Å². The third-order valence-corrected chi connectivity index (χ3v) is 4.07. The standard InChI is InChI=1S/C18H18N4O2S/c1-11-4-3-5-14-15(11)20-17(23)16(14)21-22-18(25)19-10-12-6-8-13(24-2)9-7-12/h3-9,20,23H,10H2,1-2H3,(H,19,25). The highest BCUT2D eigenvalue weighted by atomic mass is 32.1. The molecular weight excluding hydrogens is 336 g/mol. The number of azo groups is 1. The minimum absolute atomic E-state index is 0.0222. The van der Waals surface area contributed by atoms with Crippen molar-refractivity contribution in [2.45, 2.75) is 13.5 Å². The summed E-state index contributed by atoms with van der Waals surface area (Å²) in [6.07, 6.45) is 0. The molecule has 25 heavy (non-hydrogen) atoms. The van der Waals surface area contributed by atoms with Crippen molar-refractivity contribution in [1.82, 2.24) is 10.3 Å². The van der Waals surface area contributed by atoms with E-state index in [9.17, 15) is 5.11 Å². The fourth-order valence-electron chi connectivity index (χ4n) is 2.49. The number of methoxy groups -OCH3 is 1. The van der Waals surface area contributed by atoms with Crippen molar-refractivity contribution in [2.24, 2.45) is 10.2 Å². The van der Waals surface area contributed by atoms with Gasteiger partial charge in [0.05, 0.1) is 12.6 Å². The number of H-pyrrole nitrogens is 1. The second-order valence-corrected chi connectivity index (χ2v) is 5.91. The van der Waals surface area contributed by atoms with E-state index < -0.39 is 0 Å². The quantitative estimate of drug-likeness (QED) is 0.480. The summed E-state index contributed by atoms with van der Waals surface area (Å²) in [6, 6.07) is 13.4. The Kier molecular flexibility index (Phi) is 4.95. The number of aromatic amines is 1. The van der Waals surface area contributed by atoms with Crippen LogP contribution in [0.5, 0.6) is 11.6 Å². The summed E-state index contributed by atoms with van der Waals surface area (Å²) in [7, 11) is 1.63. The maximum Gasteiger partial charge on any atom is 0.218 e. The van der Waals surface area contributed by atoms with Crippen LogP contribution in [0.15, 0.2) is 52.7 Å². The van der Waals surface area contributed by atoms with Crippen molar-refractivity contribution in [2.75, 3.05) is 7.11 Å². The molecule has 0 atom stereocenters. The molecule has 128 valence electrons. The van der Waals surface area contributed by atoms with E-state index in [4.69, 9.17) is 17.0 Å². The van der Waals surface area contributed by atoms with Gasteiger partial charge in [0, 0.05) is 11.9 Å². The second-order valence-electron chi connectivity index (χ2n) is 5.53. The van der Waals surface area contributed by atoms with E-state index in [1.807, 2.05) is 49.4 Å². The number of para-hydroxylation sites is 1. The molecule has 3 N–H and O–H groups in total. The predicted octanol–water partition coefficient (Wildman–Crippen LogP) is 4.35. The molecule has 0 saturated heterocycles. The fraction of sp³-hybridized carbons (Fsp3) is 0.167. The van der Waals surface area contributed by atoms with Crippen molar-refractivity contribution < 1.29 is 9.84 Å². The zero-order valence-electron chi connectivity index (χ0n) is 13.9. The van der Waals surface area contributed by atoms with Crippen LogP contribution in [0.25, 0.3) is 10.9 Å². The lowest BCUT2D eigenvalue weighted by Gasteiger charge is -2.04. The number of nitrogens with zero attached hydrogens (tertiary/aromatic N) is 2. The van der Waals surface area contributed by atoms with Gasteiger partial charge in [0.1, 0.15) is 5.75 Å². The van der Waals surface area contributed by atoms with Gasteiger partial charge in [-0.2, -0.15) is 0 Å². The molecule has 0 radical (unpaired) electrons. The van der Waals surface area contributed by atoms with Crippen LogP contribution in [0.2, 0.25) is 0 Å². The molecule has 1 aromatic heterocycles. The smallest absolute Gasteiger partial charge is 0.218 e. The number of nitrogens with one attached hydrogen (secondary N) is 2. The third kappa shape index (κ3) is 3.77. The van der Waals surface area contributed by atoms with Crippen LogP contribution in [0.3, 0.4) is 0 Å². The minimum Gasteiger partial charge on any atom is -0.497 e. The van der Waals surface area contributed by atoms with E-state index in [0.29, 0.717) is 12.2 Å². The number of hydrogen-bond donors (Lipinski definition) is 3. The number of aryl methyl sites for hydroxylation is 1. The Morgan fingerprint density at radius 1 is 1.24 bits per heavy atom. The van der Waals surface area contributed by atoms with Gasteiger partial charge in [-0.3, -0.25) is 0 Å². The summed E-state index contributed by atoms with van der Waals surface area (Å²) < 4.78 is 5.12. The molecule has 3 rings (SSSR count). The van der Waals surface area contributed by atoms with Crippen molar-refractivity contribution >= 4 is 33.9 Å². The Labute approximate surface area is 150 Å². The van der Waals surface area contributed by atoms with Crippen molar-refractivity contribution in [3.05, 3.63) is 53.6 Å². The Hall–Kier alpha value is -2.93. The molecule has 0 aliphatic heterocycles. The molecule has 0 bridgehead atoms. The fourth-order valence-corrected chi connectivity index (χ4v) is 2.60. The van der Waals surface area contributed by atoms with Crippen LogP contribution in [-0.2, 0) is 6.54 Å². The summed E-state index contributed by atoms with van der Waals surface area (Å²) in [5.41, 5.74) is 3.29. The second kappa shape index (κ2) is 7.31. The highest BCUT2D eigenvalue weighted by Gasteiger charge is 2.11. The first kappa shape index (κ1) is 16.9. The number of benzene rings is 2. The summed E-state index contributed by atoms with van der Waals surface area (Å²) in [5.74, 6) is 0.780. The lowest BCUT2D eigenvalue weighted by molar-refractivity contribution is 0.414. The lowest BCUT2D eigenvalue weighted by atomic mass is 10.1. The van der Waals surface area contributed by atoms with Crippen LogP contribution in [0.1, 0.15) is 11.1 Å². The molecule has 1 heterocycles. The van der Waals surface area contributed by atoms with E-state index in [0.717, 1.165) is 27.8 Å². The third-order valence-electron chi connectivity index (χ3n) is 3.84. The summed E-state index contributed by atoms with van der Waals surface area (Å²) in [6.45, 7) is 2.49. The number of aromatic nitrogens is 1. The maximum atomic E-state index is 10.0. The Morgan fingerprint density at radius 3 is 2.72 bits per heavy atom. The van der Waals surface area contributed by atoms with E-state index in [1.54, 1.807) is 7.11 Å². The Balaban J connectivity index is 1.68. The van der Waals surface area contributed by atoms with Crippen LogP contribution in [0, 0.1) is 6.92 Å². The van der Waals surface area contributed by atoms with Gasteiger partial charge in [-0.15, -0.1) is 10.2 Å². The topological polar surface area (TPSA) is 82.0 Å². The summed E-state index contributed by atoms with van der Waals surface area (Å²) in [5, 5.41) is 22.2. The average molecular weight is 354 g/mol. The highest BCUT2D eigenvalue weighted by molar-refractivity contribution is 7.80. The van der Waals surface area contributed by atoms with Gasteiger partial charge in [0.15, 0.2) is 5.69 Å². The van der Waals surface area contributed by atoms with Crippen LogP contribution < -0.4 is 10.1 Å². The van der Waals surface area contributed by atoms with Gasteiger partial charge in [0.2, 0.25) is 11.0 Å². The predicted molar refractivity (Wildman–Crippen MR) is 102 cm³/mol. The number of fused-ring (bicyclic) bond motifs is 1. The molecule has 0 fully saturated rings. The van der Waals surface area contributed by atoms with Crippen molar-refractivity contribution in [3.63, 3.8) is 0 Å². The molecule has 0 amide bonds. The molecule has 3 aromatic rings. The first-order valence-electron chi connectivity index (χ1n) is 7.71. The van der Waals surface area contributed by atoms with Gasteiger partial charge in [-0.05, 0) is 42.4 Å². The molecule has 0 unspecified atom stereocenters. The molecule has 6 nitrogen and oxygen atoms in total. The van der Waals surface area contributed by atoms with Crippen LogP contribution in [0.4, 0.5) is 5.69 Å². The maximum absolute atomic E-state index is 10.0. The van der Waals surface area contributed by atoms with Crippen molar-refractivity contribution in [3.8, 4) is 11.6 Å². The van der Waals surface area contributed by atoms with Gasteiger partial charge in [-0.25, -0.2) is 0 Å². The SMILES string of the molecule is COc1ccc(CNC(=S)N=Nc2c(O)[nH]c3c(C)cccc23)cc1. The number of hydrogen-bond acceptors (Lipinski definition) is 4. The minimum atomic E-state index is -0.0222. The summed E-state index contributed by atoms with van der Waals surface area (Å²) >= 11 is 5.18. The zero-order chi connectivity index (χ0) is 17.8. The Morgan fingerprint density at radius 2 is 2.00 bits per heavy atom.